The molecule has 1 saturated heterocycles. The molecule has 0 radical (unpaired) electrons. The maximum atomic E-state index is 11.9. The Labute approximate surface area is 113 Å². The summed E-state index contributed by atoms with van der Waals surface area (Å²) < 4.78 is 25.9. The molecule has 0 spiro atoms. The first-order valence-corrected chi connectivity index (χ1v) is 7.81. The number of fused-ring (bicyclic) bond motifs is 1. The molecule has 5 nitrogen and oxygen atoms in total. The number of imidazole rings is 1. The summed E-state index contributed by atoms with van der Waals surface area (Å²) in [6.45, 7) is 0.803. The molecule has 102 valence electrons. The SMILES string of the molecule is Cl.NC1CCn2c(cnc2C2CCCS2(=O)=O)C1. The third kappa shape index (κ3) is 2.17. The van der Waals surface area contributed by atoms with Crippen LogP contribution in [-0.2, 0) is 22.8 Å². The predicted molar refractivity (Wildman–Crippen MR) is 71.5 cm³/mol. The highest BCUT2D eigenvalue weighted by atomic mass is 35.5. The number of nitrogens with zero attached hydrogens (tertiary/aromatic N) is 2. The average Bonchev–Trinajstić information content (AvgIpc) is 2.80. The van der Waals surface area contributed by atoms with Crippen molar-refractivity contribution < 1.29 is 8.42 Å². The summed E-state index contributed by atoms with van der Waals surface area (Å²) >= 11 is 0. The average molecular weight is 292 g/mol. The van der Waals surface area contributed by atoms with E-state index < -0.39 is 9.84 Å². The van der Waals surface area contributed by atoms with E-state index in [4.69, 9.17) is 5.73 Å². The van der Waals surface area contributed by atoms with Gasteiger partial charge in [-0.15, -0.1) is 12.4 Å². The molecule has 1 fully saturated rings. The minimum Gasteiger partial charge on any atom is -0.331 e. The molecule has 2 aliphatic rings. The second kappa shape index (κ2) is 4.83. The van der Waals surface area contributed by atoms with Gasteiger partial charge in [-0.1, -0.05) is 0 Å². The number of nitrogens with two attached hydrogens (primary N) is 1. The third-order valence-electron chi connectivity index (χ3n) is 3.78. The summed E-state index contributed by atoms with van der Waals surface area (Å²) in [5.74, 6) is 1.05. The topological polar surface area (TPSA) is 78.0 Å². The summed E-state index contributed by atoms with van der Waals surface area (Å²) in [4.78, 5) is 4.34. The molecule has 18 heavy (non-hydrogen) atoms. The maximum absolute atomic E-state index is 11.9. The van der Waals surface area contributed by atoms with E-state index in [2.05, 4.69) is 9.55 Å². The smallest absolute Gasteiger partial charge is 0.160 e. The van der Waals surface area contributed by atoms with E-state index in [1.54, 1.807) is 6.20 Å². The molecule has 2 unspecified atom stereocenters. The molecule has 0 amide bonds. The number of hydrogen-bond acceptors (Lipinski definition) is 4. The van der Waals surface area contributed by atoms with E-state index in [9.17, 15) is 8.42 Å². The number of rotatable bonds is 1. The highest BCUT2D eigenvalue weighted by Gasteiger charge is 2.36. The van der Waals surface area contributed by atoms with Crippen molar-refractivity contribution in [2.24, 2.45) is 5.73 Å². The van der Waals surface area contributed by atoms with Crippen LogP contribution in [0.2, 0.25) is 0 Å². The fourth-order valence-electron chi connectivity index (χ4n) is 2.85. The Morgan fingerprint density at radius 3 is 2.83 bits per heavy atom. The fourth-order valence-corrected chi connectivity index (χ4v) is 4.74. The Kier molecular flexibility index (Phi) is 3.71. The van der Waals surface area contributed by atoms with Gasteiger partial charge in [0, 0.05) is 30.9 Å². The minimum atomic E-state index is -2.97. The normalized spacial score (nSPS) is 29.6. The highest BCUT2D eigenvalue weighted by molar-refractivity contribution is 7.91. The molecule has 2 N–H and O–H groups in total. The first-order valence-electron chi connectivity index (χ1n) is 6.09. The van der Waals surface area contributed by atoms with Crippen molar-refractivity contribution in [2.75, 3.05) is 5.75 Å². The molecule has 3 heterocycles. The third-order valence-corrected chi connectivity index (χ3v) is 5.95. The monoisotopic (exact) mass is 291 g/mol. The lowest BCUT2D eigenvalue weighted by Crippen LogP contribution is -2.31. The maximum Gasteiger partial charge on any atom is 0.160 e. The van der Waals surface area contributed by atoms with Gasteiger partial charge in [0.2, 0.25) is 0 Å². The number of sulfone groups is 1. The Bertz CT molecular complexity index is 540. The first kappa shape index (κ1) is 13.8. The summed E-state index contributed by atoms with van der Waals surface area (Å²) in [6.07, 6.45) is 4.98. The van der Waals surface area contributed by atoms with Crippen LogP contribution in [0, 0.1) is 0 Å². The van der Waals surface area contributed by atoms with Gasteiger partial charge in [-0.05, 0) is 19.3 Å². The van der Waals surface area contributed by atoms with Crippen molar-refractivity contribution in [3.05, 3.63) is 17.7 Å². The standard InChI is InChI=1S/C11H17N3O2S.ClH/c12-8-3-4-14-9(6-8)7-13-11(14)10-2-1-5-17(10,15)16;/h7-8,10H,1-6,12H2;1H. The molecule has 1 aromatic heterocycles. The van der Waals surface area contributed by atoms with Gasteiger partial charge in [-0.2, -0.15) is 0 Å². The Morgan fingerprint density at radius 2 is 2.17 bits per heavy atom. The molecule has 2 aliphatic heterocycles. The van der Waals surface area contributed by atoms with Gasteiger partial charge < -0.3 is 10.3 Å². The van der Waals surface area contributed by atoms with Crippen LogP contribution >= 0.6 is 12.4 Å². The van der Waals surface area contributed by atoms with Crippen molar-refractivity contribution >= 4 is 22.2 Å². The van der Waals surface area contributed by atoms with Gasteiger partial charge in [-0.3, -0.25) is 0 Å². The summed E-state index contributed by atoms with van der Waals surface area (Å²) in [7, 11) is -2.97. The number of aromatic nitrogens is 2. The van der Waals surface area contributed by atoms with Crippen molar-refractivity contribution in [2.45, 2.75) is 43.5 Å². The molecular weight excluding hydrogens is 274 g/mol. The van der Waals surface area contributed by atoms with Gasteiger partial charge in [-0.25, -0.2) is 13.4 Å². The van der Waals surface area contributed by atoms with Crippen LogP contribution in [0.4, 0.5) is 0 Å². The van der Waals surface area contributed by atoms with Crippen molar-refractivity contribution in [1.82, 2.24) is 9.55 Å². The zero-order valence-corrected chi connectivity index (χ0v) is 11.7. The predicted octanol–water partition coefficient (Wildman–Crippen LogP) is 0.828. The second-order valence-electron chi connectivity index (χ2n) is 5.01. The number of hydrogen-bond donors (Lipinski definition) is 1. The Balaban J connectivity index is 0.00000120. The lowest BCUT2D eigenvalue weighted by Gasteiger charge is -2.23. The zero-order chi connectivity index (χ0) is 12.0. The minimum absolute atomic E-state index is 0. The van der Waals surface area contributed by atoms with E-state index in [0.29, 0.717) is 12.2 Å². The molecule has 0 aliphatic carbocycles. The van der Waals surface area contributed by atoms with Gasteiger partial charge in [0.05, 0.1) is 5.75 Å². The molecule has 0 bridgehead atoms. The zero-order valence-electron chi connectivity index (χ0n) is 10.1. The van der Waals surface area contributed by atoms with Gasteiger partial charge >= 0.3 is 0 Å². The summed E-state index contributed by atoms with van der Waals surface area (Å²) in [5, 5.41) is -0.384. The van der Waals surface area contributed by atoms with Crippen molar-refractivity contribution in [1.29, 1.82) is 0 Å². The molecular formula is C11H18ClN3O2S. The molecule has 1 aromatic rings. The van der Waals surface area contributed by atoms with Crippen LogP contribution in [-0.4, -0.2) is 29.8 Å². The van der Waals surface area contributed by atoms with E-state index >= 15 is 0 Å². The molecule has 7 heteroatoms. The Hall–Kier alpha value is -0.590. The van der Waals surface area contributed by atoms with Crippen LogP contribution in [0.15, 0.2) is 6.20 Å². The largest absolute Gasteiger partial charge is 0.331 e. The lowest BCUT2D eigenvalue weighted by atomic mass is 10.1. The summed E-state index contributed by atoms with van der Waals surface area (Å²) in [5.41, 5.74) is 6.99. The lowest BCUT2D eigenvalue weighted by molar-refractivity contribution is 0.456. The van der Waals surface area contributed by atoms with E-state index in [1.165, 1.54) is 0 Å². The van der Waals surface area contributed by atoms with Crippen molar-refractivity contribution in [3.63, 3.8) is 0 Å². The van der Waals surface area contributed by atoms with Gasteiger partial charge in [0.25, 0.3) is 0 Å². The van der Waals surface area contributed by atoms with Crippen LogP contribution in [0.3, 0.4) is 0 Å². The van der Waals surface area contributed by atoms with Crippen LogP contribution in [0.5, 0.6) is 0 Å². The van der Waals surface area contributed by atoms with Crippen LogP contribution in [0.1, 0.15) is 36.0 Å². The van der Waals surface area contributed by atoms with Crippen molar-refractivity contribution in [3.8, 4) is 0 Å². The van der Waals surface area contributed by atoms with Gasteiger partial charge in [0.15, 0.2) is 9.84 Å². The van der Waals surface area contributed by atoms with E-state index in [1.807, 2.05) is 0 Å². The molecule has 3 rings (SSSR count). The first-order chi connectivity index (χ1) is 8.08. The highest BCUT2D eigenvalue weighted by Crippen LogP contribution is 2.35. The van der Waals surface area contributed by atoms with Crippen LogP contribution < -0.4 is 5.73 Å². The molecule has 2 atom stereocenters. The van der Waals surface area contributed by atoms with Gasteiger partial charge in [0.1, 0.15) is 11.1 Å². The second-order valence-corrected chi connectivity index (χ2v) is 7.31. The number of halogens is 1. The fraction of sp³-hybridized carbons (Fsp3) is 0.727. The molecule has 0 saturated carbocycles. The van der Waals surface area contributed by atoms with Crippen LogP contribution in [0.25, 0.3) is 0 Å². The summed E-state index contributed by atoms with van der Waals surface area (Å²) in [6, 6.07) is 0.187. The van der Waals surface area contributed by atoms with E-state index in [0.717, 1.165) is 37.3 Å². The quantitative estimate of drug-likeness (QED) is 0.831. The van der Waals surface area contributed by atoms with E-state index in [-0.39, 0.29) is 23.7 Å². The molecule has 0 aromatic carbocycles. The Morgan fingerprint density at radius 1 is 1.39 bits per heavy atom.